The Hall–Kier alpha value is -1.44. The SMILES string of the molecule is Cc1ccc(C(=O)NC2CCNCC2C)cc1S(=O)(=O)N1CCCCC1. The van der Waals surface area contributed by atoms with Crippen molar-refractivity contribution < 1.29 is 13.2 Å². The van der Waals surface area contributed by atoms with Gasteiger partial charge in [-0.1, -0.05) is 19.4 Å². The average Bonchev–Trinajstić information content (AvgIpc) is 2.64. The van der Waals surface area contributed by atoms with Gasteiger partial charge < -0.3 is 10.6 Å². The summed E-state index contributed by atoms with van der Waals surface area (Å²) in [5.74, 6) is 0.161. The maximum atomic E-state index is 13.0. The van der Waals surface area contributed by atoms with Crippen molar-refractivity contribution in [1.82, 2.24) is 14.9 Å². The van der Waals surface area contributed by atoms with Crippen molar-refractivity contribution in [3.8, 4) is 0 Å². The highest BCUT2D eigenvalue weighted by Crippen LogP contribution is 2.24. The number of piperidine rings is 2. The third-order valence-corrected chi connectivity index (χ3v) is 7.53. The van der Waals surface area contributed by atoms with Crippen LogP contribution in [0.4, 0.5) is 0 Å². The van der Waals surface area contributed by atoms with Crippen LogP contribution in [0.2, 0.25) is 0 Å². The summed E-state index contributed by atoms with van der Waals surface area (Å²) >= 11 is 0. The number of amides is 1. The Morgan fingerprint density at radius 1 is 1.23 bits per heavy atom. The standard InChI is InChI=1S/C19H29N3O3S/c1-14-6-7-16(19(23)21-17-8-9-20-13-15(17)2)12-18(14)26(24,25)22-10-4-3-5-11-22/h6-7,12,15,17,20H,3-5,8-11,13H2,1-2H3,(H,21,23). The number of nitrogens with zero attached hydrogens (tertiary/aromatic N) is 1. The molecule has 1 amide bonds. The Kier molecular flexibility index (Phi) is 5.99. The molecule has 1 aromatic carbocycles. The van der Waals surface area contributed by atoms with Crippen LogP contribution in [0.5, 0.6) is 0 Å². The summed E-state index contributed by atoms with van der Waals surface area (Å²) in [5, 5.41) is 6.39. The van der Waals surface area contributed by atoms with Crippen molar-refractivity contribution in [2.45, 2.75) is 50.5 Å². The van der Waals surface area contributed by atoms with E-state index in [0.29, 0.717) is 30.1 Å². The van der Waals surface area contributed by atoms with Gasteiger partial charge in [0.05, 0.1) is 4.90 Å². The zero-order chi connectivity index (χ0) is 18.7. The molecule has 2 N–H and O–H groups in total. The zero-order valence-corrected chi connectivity index (χ0v) is 16.4. The summed E-state index contributed by atoms with van der Waals surface area (Å²) in [6, 6.07) is 5.11. The van der Waals surface area contributed by atoms with Crippen LogP contribution >= 0.6 is 0 Å². The summed E-state index contributed by atoms with van der Waals surface area (Å²) in [6.07, 6.45) is 3.75. The summed E-state index contributed by atoms with van der Waals surface area (Å²) in [5.41, 5.74) is 1.10. The number of sulfonamides is 1. The molecule has 2 unspecified atom stereocenters. The molecule has 7 heteroatoms. The Morgan fingerprint density at radius 3 is 2.65 bits per heavy atom. The molecule has 6 nitrogen and oxygen atoms in total. The fourth-order valence-corrected chi connectivity index (χ4v) is 5.51. The number of aryl methyl sites for hydroxylation is 1. The van der Waals surface area contributed by atoms with Gasteiger partial charge in [0.15, 0.2) is 0 Å². The van der Waals surface area contributed by atoms with Gasteiger partial charge in [0.2, 0.25) is 10.0 Å². The topological polar surface area (TPSA) is 78.5 Å². The molecule has 2 aliphatic rings. The lowest BCUT2D eigenvalue weighted by atomic mass is 9.95. The monoisotopic (exact) mass is 379 g/mol. The van der Waals surface area contributed by atoms with Gasteiger partial charge in [-0.3, -0.25) is 4.79 Å². The normalized spacial score (nSPS) is 25.0. The lowest BCUT2D eigenvalue weighted by molar-refractivity contribution is 0.0914. The maximum absolute atomic E-state index is 13.0. The second kappa shape index (κ2) is 8.06. The summed E-state index contributed by atoms with van der Waals surface area (Å²) in [4.78, 5) is 12.9. The van der Waals surface area contributed by atoms with Crippen LogP contribution in [0.15, 0.2) is 23.1 Å². The van der Waals surface area contributed by atoms with Crippen molar-refractivity contribution in [3.05, 3.63) is 29.3 Å². The van der Waals surface area contributed by atoms with E-state index in [-0.39, 0.29) is 16.8 Å². The van der Waals surface area contributed by atoms with Gasteiger partial charge in [-0.2, -0.15) is 4.31 Å². The summed E-state index contributed by atoms with van der Waals surface area (Å²) in [7, 11) is -3.55. The van der Waals surface area contributed by atoms with Crippen LogP contribution in [-0.4, -0.2) is 50.9 Å². The van der Waals surface area contributed by atoms with Gasteiger partial charge >= 0.3 is 0 Å². The molecule has 2 fully saturated rings. The number of carbonyl (C=O) groups excluding carboxylic acids is 1. The van der Waals surface area contributed by atoms with E-state index < -0.39 is 10.0 Å². The number of hydrogen-bond donors (Lipinski definition) is 2. The van der Waals surface area contributed by atoms with Crippen molar-refractivity contribution in [3.63, 3.8) is 0 Å². The first-order chi connectivity index (χ1) is 12.4. The molecule has 1 aromatic rings. The minimum Gasteiger partial charge on any atom is -0.349 e. The lowest BCUT2D eigenvalue weighted by Crippen LogP contribution is -2.48. The third-order valence-electron chi connectivity index (χ3n) is 5.48. The molecule has 0 aliphatic carbocycles. The van der Waals surface area contributed by atoms with Crippen LogP contribution in [0.1, 0.15) is 48.5 Å². The van der Waals surface area contributed by atoms with E-state index in [1.165, 1.54) is 0 Å². The van der Waals surface area contributed by atoms with E-state index in [1.54, 1.807) is 29.4 Å². The van der Waals surface area contributed by atoms with Gasteiger partial charge in [0, 0.05) is 24.7 Å². The number of benzene rings is 1. The smallest absolute Gasteiger partial charge is 0.251 e. The van der Waals surface area contributed by atoms with Crippen LogP contribution < -0.4 is 10.6 Å². The van der Waals surface area contributed by atoms with Crippen LogP contribution in [0.25, 0.3) is 0 Å². The second-order valence-corrected chi connectivity index (χ2v) is 9.40. The lowest BCUT2D eigenvalue weighted by Gasteiger charge is -2.30. The van der Waals surface area contributed by atoms with Crippen molar-refractivity contribution >= 4 is 15.9 Å². The van der Waals surface area contributed by atoms with Crippen LogP contribution in [-0.2, 0) is 10.0 Å². The Balaban J connectivity index is 1.81. The van der Waals surface area contributed by atoms with Crippen LogP contribution in [0, 0.1) is 12.8 Å². The maximum Gasteiger partial charge on any atom is 0.251 e. The van der Waals surface area contributed by atoms with Gasteiger partial charge in [0.1, 0.15) is 0 Å². The first-order valence-electron chi connectivity index (χ1n) is 9.52. The Labute approximate surface area is 156 Å². The quantitative estimate of drug-likeness (QED) is 0.837. The molecule has 2 aliphatic heterocycles. The molecule has 0 spiro atoms. The van der Waals surface area contributed by atoms with Gasteiger partial charge in [-0.05, 0) is 62.9 Å². The number of nitrogens with one attached hydrogen (secondary N) is 2. The van der Waals surface area contributed by atoms with Gasteiger partial charge in [0.25, 0.3) is 5.91 Å². The van der Waals surface area contributed by atoms with E-state index in [2.05, 4.69) is 17.6 Å². The summed E-state index contributed by atoms with van der Waals surface area (Å²) < 4.78 is 27.6. The molecule has 144 valence electrons. The van der Waals surface area contributed by atoms with Crippen molar-refractivity contribution in [2.24, 2.45) is 5.92 Å². The van der Waals surface area contributed by atoms with Crippen molar-refractivity contribution in [1.29, 1.82) is 0 Å². The first kappa shape index (κ1) is 19.3. The third kappa shape index (κ3) is 4.10. The molecule has 0 radical (unpaired) electrons. The minimum absolute atomic E-state index is 0.118. The molecular weight excluding hydrogens is 350 g/mol. The van der Waals surface area contributed by atoms with Crippen LogP contribution in [0.3, 0.4) is 0 Å². The largest absolute Gasteiger partial charge is 0.349 e. The molecule has 2 atom stereocenters. The number of rotatable bonds is 4. The van der Waals surface area contributed by atoms with E-state index >= 15 is 0 Å². The highest BCUT2D eigenvalue weighted by molar-refractivity contribution is 7.89. The molecule has 2 saturated heterocycles. The van der Waals surface area contributed by atoms with E-state index in [0.717, 1.165) is 38.8 Å². The van der Waals surface area contributed by atoms with E-state index in [1.807, 2.05) is 0 Å². The molecule has 0 saturated carbocycles. The predicted molar refractivity (Wildman–Crippen MR) is 102 cm³/mol. The minimum atomic E-state index is -3.55. The van der Waals surface area contributed by atoms with Crippen molar-refractivity contribution in [2.75, 3.05) is 26.2 Å². The average molecular weight is 380 g/mol. The van der Waals surface area contributed by atoms with E-state index in [9.17, 15) is 13.2 Å². The van der Waals surface area contributed by atoms with Gasteiger partial charge in [-0.15, -0.1) is 0 Å². The number of carbonyl (C=O) groups is 1. The molecule has 2 heterocycles. The van der Waals surface area contributed by atoms with Gasteiger partial charge in [-0.25, -0.2) is 8.42 Å². The fraction of sp³-hybridized carbons (Fsp3) is 0.632. The zero-order valence-electron chi connectivity index (χ0n) is 15.6. The highest BCUT2D eigenvalue weighted by Gasteiger charge is 2.29. The first-order valence-corrected chi connectivity index (χ1v) is 11.0. The second-order valence-electron chi connectivity index (χ2n) is 7.50. The Morgan fingerprint density at radius 2 is 1.96 bits per heavy atom. The predicted octanol–water partition coefficient (Wildman–Crippen LogP) is 1.90. The fourth-order valence-electron chi connectivity index (χ4n) is 3.74. The Bertz CT molecular complexity index is 757. The van der Waals surface area contributed by atoms with E-state index in [4.69, 9.17) is 0 Å². The molecule has 26 heavy (non-hydrogen) atoms. The molecular formula is C19H29N3O3S. The highest BCUT2D eigenvalue weighted by atomic mass is 32.2. The number of hydrogen-bond acceptors (Lipinski definition) is 4. The molecule has 0 aromatic heterocycles. The molecule has 3 rings (SSSR count). The molecule has 0 bridgehead atoms. The summed E-state index contributed by atoms with van der Waals surface area (Å²) in [6.45, 7) is 6.78.